The van der Waals surface area contributed by atoms with Crippen molar-refractivity contribution in [2.45, 2.75) is 6.54 Å². The van der Waals surface area contributed by atoms with Crippen LogP contribution in [0.25, 0.3) is 10.9 Å². The minimum atomic E-state index is 0.691. The monoisotopic (exact) mass is 298 g/mol. The van der Waals surface area contributed by atoms with Crippen LogP contribution in [-0.4, -0.2) is 12.0 Å². The third kappa shape index (κ3) is 3.15. The van der Waals surface area contributed by atoms with Gasteiger partial charge in [0.15, 0.2) is 0 Å². The largest absolute Gasteiger partial charge is 0.455 e. The second kappa shape index (κ2) is 6.12. The molecule has 21 heavy (non-hydrogen) atoms. The fraction of sp³-hybridized carbons (Fsp3) is 0.118. The predicted molar refractivity (Wildman–Crippen MR) is 86.0 cm³/mol. The highest BCUT2D eigenvalue weighted by Gasteiger charge is 2.06. The van der Waals surface area contributed by atoms with Gasteiger partial charge in [0, 0.05) is 22.5 Å². The Balaban J connectivity index is 1.94. The van der Waals surface area contributed by atoms with Gasteiger partial charge in [-0.25, -0.2) is 0 Å². The van der Waals surface area contributed by atoms with E-state index in [4.69, 9.17) is 16.3 Å². The van der Waals surface area contributed by atoms with Crippen LogP contribution in [0, 0.1) is 0 Å². The van der Waals surface area contributed by atoms with Crippen LogP contribution in [-0.2, 0) is 6.54 Å². The molecular weight excluding hydrogens is 284 g/mol. The maximum atomic E-state index is 6.04. The Bertz CT molecular complexity index is 774. The highest BCUT2D eigenvalue weighted by molar-refractivity contribution is 6.30. The second-order valence-electron chi connectivity index (χ2n) is 4.75. The van der Waals surface area contributed by atoms with Crippen molar-refractivity contribution in [3.8, 4) is 11.5 Å². The van der Waals surface area contributed by atoms with E-state index in [-0.39, 0.29) is 0 Å². The summed E-state index contributed by atoms with van der Waals surface area (Å²) in [5.74, 6) is 1.50. The maximum Gasteiger partial charge on any atom is 0.146 e. The van der Waals surface area contributed by atoms with Crippen LogP contribution in [0.2, 0.25) is 5.02 Å². The number of benzene rings is 2. The van der Waals surface area contributed by atoms with E-state index >= 15 is 0 Å². The molecule has 0 spiro atoms. The average molecular weight is 299 g/mol. The third-order valence-corrected chi connectivity index (χ3v) is 3.42. The van der Waals surface area contributed by atoms with E-state index in [9.17, 15) is 0 Å². The van der Waals surface area contributed by atoms with Crippen molar-refractivity contribution in [2.75, 3.05) is 7.05 Å². The van der Waals surface area contributed by atoms with Gasteiger partial charge in [-0.05, 0) is 37.4 Å². The van der Waals surface area contributed by atoms with Gasteiger partial charge in [0.1, 0.15) is 11.5 Å². The normalized spacial score (nSPS) is 10.8. The number of nitrogens with zero attached hydrogens (tertiary/aromatic N) is 1. The number of aromatic nitrogens is 1. The SMILES string of the molecule is CNCc1cc(Cl)ccc1Oc1cnc2ccccc2c1. The third-order valence-electron chi connectivity index (χ3n) is 3.18. The molecule has 4 heteroatoms. The summed E-state index contributed by atoms with van der Waals surface area (Å²) in [6, 6.07) is 15.6. The molecule has 0 fully saturated rings. The molecule has 0 radical (unpaired) electrons. The van der Waals surface area contributed by atoms with Crippen LogP contribution < -0.4 is 10.1 Å². The summed E-state index contributed by atoms with van der Waals surface area (Å²) in [5.41, 5.74) is 1.97. The predicted octanol–water partition coefficient (Wildman–Crippen LogP) is 4.40. The Morgan fingerprint density at radius 1 is 1.14 bits per heavy atom. The Morgan fingerprint density at radius 3 is 2.86 bits per heavy atom. The van der Waals surface area contributed by atoms with Gasteiger partial charge in [-0.15, -0.1) is 0 Å². The number of hydrogen-bond donors (Lipinski definition) is 1. The summed E-state index contributed by atoms with van der Waals surface area (Å²) in [7, 11) is 1.89. The molecule has 0 aliphatic heterocycles. The summed E-state index contributed by atoms with van der Waals surface area (Å²) in [6.07, 6.45) is 1.74. The first-order valence-corrected chi connectivity index (χ1v) is 7.10. The van der Waals surface area contributed by atoms with Gasteiger partial charge in [0.05, 0.1) is 11.7 Å². The molecule has 3 rings (SSSR count). The Kier molecular flexibility index (Phi) is 4.04. The zero-order valence-corrected chi connectivity index (χ0v) is 12.4. The Morgan fingerprint density at radius 2 is 2.00 bits per heavy atom. The van der Waals surface area contributed by atoms with Crippen LogP contribution in [0.5, 0.6) is 11.5 Å². The maximum absolute atomic E-state index is 6.04. The quantitative estimate of drug-likeness (QED) is 0.775. The molecule has 1 heterocycles. The van der Waals surface area contributed by atoms with E-state index in [0.717, 1.165) is 22.2 Å². The number of nitrogens with one attached hydrogen (secondary N) is 1. The zero-order chi connectivity index (χ0) is 14.7. The average Bonchev–Trinajstić information content (AvgIpc) is 2.50. The zero-order valence-electron chi connectivity index (χ0n) is 11.6. The van der Waals surface area contributed by atoms with Gasteiger partial charge in [-0.3, -0.25) is 4.98 Å². The second-order valence-corrected chi connectivity index (χ2v) is 5.18. The summed E-state index contributed by atoms with van der Waals surface area (Å²) in [4.78, 5) is 4.40. The molecule has 0 saturated carbocycles. The molecule has 3 aromatic rings. The standard InChI is InChI=1S/C17H15ClN2O/c1-19-10-13-8-14(18)6-7-17(13)21-15-9-12-4-2-3-5-16(12)20-11-15/h2-9,11,19H,10H2,1H3. The Labute approximate surface area is 128 Å². The van der Waals surface area contributed by atoms with Gasteiger partial charge in [-0.2, -0.15) is 0 Å². The van der Waals surface area contributed by atoms with Crippen molar-refractivity contribution >= 4 is 22.5 Å². The topological polar surface area (TPSA) is 34.1 Å². The fourth-order valence-corrected chi connectivity index (χ4v) is 2.40. The highest BCUT2D eigenvalue weighted by Crippen LogP contribution is 2.29. The lowest BCUT2D eigenvalue weighted by Crippen LogP contribution is -2.06. The van der Waals surface area contributed by atoms with E-state index in [1.54, 1.807) is 6.20 Å². The van der Waals surface area contributed by atoms with Gasteiger partial charge in [0.25, 0.3) is 0 Å². The number of para-hydroxylation sites is 1. The van der Waals surface area contributed by atoms with E-state index in [1.807, 2.05) is 55.6 Å². The molecule has 0 amide bonds. The minimum absolute atomic E-state index is 0.691. The lowest BCUT2D eigenvalue weighted by Gasteiger charge is -2.11. The van der Waals surface area contributed by atoms with Crippen LogP contribution in [0.3, 0.4) is 0 Å². The molecule has 0 aliphatic carbocycles. The van der Waals surface area contributed by atoms with Crippen molar-refractivity contribution in [1.82, 2.24) is 10.3 Å². The summed E-state index contributed by atoms with van der Waals surface area (Å²) < 4.78 is 5.96. The molecule has 0 unspecified atom stereocenters. The van der Waals surface area contributed by atoms with Crippen molar-refractivity contribution < 1.29 is 4.74 Å². The molecule has 0 bridgehead atoms. The Hall–Kier alpha value is -2.10. The van der Waals surface area contributed by atoms with Gasteiger partial charge in [-0.1, -0.05) is 29.8 Å². The first kappa shape index (κ1) is 13.9. The molecular formula is C17H15ClN2O. The lowest BCUT2D eigenvalue weighted by molar-refractivity contribution is 0.473. The summed E-state index contributed by atoms with van der Waals surface area (Å²) in [5, 5.41) is 4.87. The lowest BCUT2D eigenvalue weighted by atomic mass is 10.2. The van der Waals surface area contributed by atoms with E-state index < -0.39 is 0 Å². The number of rotatable bonds is 4. The number of fused-ring (bicyclic) bond motifs is 1. The minimum Gasteiger partial charge on any atom is -0.455 e. The van der Waals surface area contributed by atoms with E-state index in [1.165, 1.54) is 0 Å². The summed E-state index contributed by atoms with van der Waals surface area (Å²) >= 11 is 6.04. The smallest absolute Gasteiger partial charge is 0.146 e. The molecule has 1 aromatic heterocycles. The van der Waals surface area contributed by atoms with Crippen molar-refractivity contribution in [3.63, 3.8) is 0 Å². The first-order valence-electron chi connectivity index (χ1n) is 6.72. The van der Waals surface area contributed by atoms with Crippen molar-refractivity contribution in [1.29, 1.82) is 0 Å². The van der Waals surface area contributed by atoms with Crippen LogP contribution >= 0.6 is 11.6 Å². The molecule has 3 nitrogen and oxygen atoms in total. The van der Waals surface area contributed by atoms with Gasteiger partial charge in [0.2, 0.25) is 0 Å². The number of ether oxygens (including phenoxy) is 1. The molecule has 0 saturated heterocycles. The number of hydrogen-bond acceptors (Lipinski definition) is 3. The van der Waals surface area contributed by atoms with Crippen LogP contribution in [0.1, 0.15) is 5.56 Å². The van der Waals surface area contributed by atoms with Crippen molar-refractivity contribution in [3.05, 3.63) is 65.3 Å². The fourth-order valence-electron chi connectivity index (χ4n) is 2.21. The molecule has 106 valence electrons. The molecule has 2 aromatic carbocycles. The van der Waals surface area contributed by atoms with Crippen LogP contribution in [0.15, 0.2) is 54.7 Å². The highest BCUT2D eigenvalue weighted by atomic mass is 35.5. The summed E-state index contributed by atoms with van der Waals surface area (Å²) in [6.45, 7) is 0.691. The molecule has 0 atom stereocenters. The van der Waals surface area contributed by atoms with Gasteiger partial charge < -0.3 is 10.1 Å². The molecule has 0 aliphatic rings. The first-order chi connectivity index (χ1) is 10.3. The van der Waals surface area contributed by atoms with Gasteiger partial charge >= 0.3 is 0 Å². The van der Waals surface area contributed by atoms with E-state index in [2.05, 4.69) is 10.3 Å². The number of halogens is 1. The van der Waals surface area contributed by atoms with Crippen molar-refractivity contribution in [2.24, 2.45) is 0 Å². The van der Waals surface area contributed by atoms with E-state index in [0.29, 0.717) is 17.3 Å². The molecule has 1 N–H and O–H groups in total. The van der Waals surface area contributed by atoms with Crippen LogP contribution in [0.4, 0.5) is 0 Å². The number of pyridine rings is 1.